The topological polar surface area (TPSA) is 57.6 Å². The number of carboxylic acids is 1. The molecular formula is C13H11F4NO3. The molecule has 0 radical (unpaired) electrons. The van der Waals surface area contributed by atoms with E-state index in [0.717, 1.165) is 17.0 Å². The van der Waals surface area contributed by atoms with E-state index in [4.69, 9.17) is 5.11 Å². The number of nitrogens with zero attached hydrogens (tertiary/aromatic N) is 1. The van der Waals surface area contributed by atoms with Gasteiger partial charge >= 0.3 is 12.1 Å². The van der Waals surface area contributed by atoms with Crippen molar-refractivity contribution in [3.63, 3.8) is 0 Å². The SMILES string of the molecule is O=C(O)[C@H]1CCN(C(=O)c2cccc(C(F)(F)F)c2F)C1. The molecule has 4 nitrogen and oxygen atoms in total. The van der Waals surface area contributed by atoms with Crippen molar-refractivity contribution in [3.8, 4) is 0 Å². The van der Waals surface area contributed by atoms with E-state index in [1.54, 1.807) is 0 Å². The Morgan fingerprint density at radius 2 is 1.95 bits per heavy atom. The van der Waals surface area contributed by atoms with Crippen molar-refractivity contribution in [2.75, 3.05) is 13.1 Å². The van der Waals surface area contributed by atoms with Crippen LogP contribution in [0.4, 0.5) is 17.6 Å². The van der Waals surface area contributed by atoms with Crippen molar-refractivity contribution in [1.29, 1.82) is 0 Å². The summed E-state index contributed by atoms with van der Waals surface area (Å²) < 4.78 is 51.6. The Morgan fingerprint density at radius 3 is 2.48 bits per heavy atom. The van der Waals surface area contributed by atoms with Crippen LogP contribution in [0.3, 0.4) is 0 Å². The van der Waals surface area contributed by atoms with E-state index in [0.29, 0.717) is 6.07 Å². The van der Waals surface area contributed by atoms with E-state index in [1.165, 1.54) is 0 Å². The third-order valence-corrected chi connectivity index (χ3v) is 3.36. The quantitative estimate of drug-likeness (QED) is 0.854. The standard InChI is InChI=1S/C13H11F4NO3/c14-10-8(2-1-3-9(10)13(15,16)17)11(19)18-5-4-7(6-18)12(20)21/h1-3,7H,4-6H2,(H,20,21)/t7-/m0/s1. The summed E-state index contributed by atoms with van der Waals surface area (Å²) in [6.45, 7) is -0.0602. The van der Waals surface area contributed by atoms with Crippen LogP contribution in [0, 0.1) is 11.7 Å². The molecule has 1 amide bonds. The van der Waals surface area contributed by atoms with E-state index in [2.05, 4.69) is 0 Å². The minimum absolute atomic E-state index is 0.0749. The van der Waals surface area contributed by atoms with Crippen molar-refractivity contribution < 1.29 is 32.3 Å². The molecule has 2 rings (SSSR count). The lowest BCUT2D eigenvalue weighted by molar-refractivity contribution is -0.141. The molecule has 0 unspecified atom stereocenters. The van der Waals surface area contributed by atoms with Crippen LogP contribution in [-0.2, 0) is 11.0 Å². The van der Waals surface area contributed by atoms with E-state index in [9.17, 15) is 27.2 Å². The maximum absolute atomic E-state index is 13.8. The zero-order chi connectivity index (χ0) is 15.8. The lowest BCUT2D eigenvalue weighted by atomic mass is 10.1. The van der Waals surface area contributed by atoms with Gasteiger partial charge in [0.05, 0.1) is 17.0 Å². The summed E-state index contributed by atoms with van der Waals surface area (Å²) in [4.78, 5) is 23.9. The number of halogens is 4. The summed E-state index contributed by atoms with van der Waals surface area (Å²) in [7, 11) is 0. The number of benzene rings is 1. The number of carbonyl (C=O) groups is 2. The summed E-state index contributed by atoms with van der Waals surface area (Å²) in [5.74, 6) is -4.42. The number of aliphatic carboxylic acids is 1. The van der Waals surface area contributed by atoms with Gasteiger partial charge in [-0.15, -0.1) is 0 Å². The Morgan fingerprint density at radius 1 is 1.29 bits per heavy atom. The molecule has 8 heteroatoms. The van der Waals surface area contributed by atoms with Gasteiger partial charge < -0.3 is 10.0 Å². The fraction of sp³-hybridized carbons (Fsp3) is 0.385. The predicted molar refractivity (Wildman–Crippen MR) is 63.0 cm³/mol. The molecule has 1 heterocycles. The lowest BCUT2D eigenvalue weighted by Crippen LogP contribution is -2.31. The molecule has 0 spiro atoms. The lowest BCUT2D eigenvalue weighted by Gasteiger charge is -2.17. The first-order valence-electron chi connectivity index (χ1n) is 6.09. The average Bonchev–Trinajstić information content (AvgIpc) is 2.86. The minimum Gasteiger partial charge on any atom is -0.481 e. The van der Waals surface area contributed by atoms with Crippen LogP contribution < -0.4 is 0 Å². The number of alkyl halides is 3. The van der Waals surface area contributed by atoms with Crippen LogP contribution >= 0.6 is 0 Å². The molecule has 0 aromatic heterocycles. The van der Waals surface area contributed by atoms with Crippen LogP contribution in [0.2, 0.25) is 0 Å². The zero-order valence-electron chi connectivity index (χ0n) is 10.7. The Labute approximate surface area is 117 Å². The van der Waals surface area contributed by atoms with Gasteiger partial charge in [-0.25, -0.2) is 4.39 Å². The van der Waals surface area contributed by atoms with Gasteiger partial charge in [-0.05, 0) is 18.6 Å². The zero-order valence-corrected chi connectivity index (χ0v) is 10.7. The number of rotatable bonds is 2. The Hall–Kier alpha value is -2.12. The second-order valence-electron chi connectivity index (χ2n) is 4.74. The van der Waals surface area contributed by atoms with E-state index < -0.39 is 40.9 Å². The average molecular weight is 305 g/mol. The van der Waals surface area contributed by atoms with Gasteiger partial charge in [-0.3, -0.25) is 9.59 Å². The molecule has 1 aliphatic heterocycles. The maximum Gasteiger partial charge on any atom is 0.419 e. The van der Waals surface area contributed by atoms with Gasteiger partial charge in [0.25, 0.3) is 5.91 Å². The Bertz CT molecular complexity index is 585. The van der Waals surface area contributed by atoms with Crippen LogP contribution in [0.15, 0.2) is 18.2 Å². The number of carbonyl (C=O) groups excluding carboxylic acids is 1. The highest BCUT2D eigenvalue weighted by atomic mass is 19.4. The van der Waals surface area contributed by atoms with Crippen LogP contribution in [0.25, 0.3) is 0 Å². The number of hydrogen-bond acceptors (Lipinski definition) is 2. The van der Waals surface area contributed by atoms with Crippen molar-refractivity contribution in [2.45, 2.75) is 12.6 Å². The molecule has 0 saturated carbocycles. The van der Waals surface area contributed by atoms with Gasteiger partial charge in [0.1, 0.15) is 5.82 Å². The normalized spacial score (nSPS) is 18.9. The van der Waals surface area contributed by atoms with Crippen LogP contribution in [0.1, 0.15) is 22.3 Å². The third-order valence-electron chi connectivity index (χ3n) is 3.36. The first-order valence-corrected chi connectivity index (χ1v) is 6.09. The molecule has 1 aliphatic rings. The van der Waals surface area contributed by atoms with E-state index >= 15 is 0 Å². The number of hydrogen-bond donors (Lipinski definition) is 1. The van der Waals surface area contributed by atoms with Crippen molar-refractivity contribution in [3.05, 3.63) is 35.1 Å². The summed E-state index contributed by atoms with van der Waals surface area (Å²) in [5.41, 5.74) is -2.21. The molecular weight excluding hydrogens is 294 g/mol. The molecule has 1 N–H and O–H groups in total. The van der Waals surface area contributed by atoms with Gasteiger partial charge in [0.15, 0.2) is 0 Å². The second kappa shape index (κ2) is 5.34. The van der Waals surface area contributed by atoms with Crippen LogP contribution in [-0.4, -0.2) is 35.0 Å². The smallest absolute Gasteiger partial charge is 0.419 e. The highest BCUT2D eigenvalue weighted by Gasteiger charge is 2.37. The van der Waals surface area contributed by atoms with Crippen molar-refractivity contribution in [2.24, 2.45) is 5.92 Å². The van der Waals surface area contributed by atoms with Gasteiger partial charge in [0.2, 0.25) is 0 Å². The first kappa shape index (κ1) is 15.3. The minimum atomic E-state index is -4.89. The highest BCUT2D eigenvalue weighted by molar-refractivity contribution is 5.95. The predicted octanol–water partition coefficient (Wildman–Crippen LogP) is 2.39. The molecule has 1 atom stereocenters. The molecule has 0 aliphatic carbocycles. The number of likely N-dealkylation sites (tertiary alicyclic amines) is 1. The van der Waals surface area contributed by atoms with E-state index in [1.807, 2.05) is 0 Å². The molecule has 1 saturated heterocycles. The second-order valence-corrected chi connectivity index (χ2v) is 4.74. The fourth-order valence-corrected chi connectivity index (χ4v) is 2.23. The number of amides is 1. The number of carboxylic acid groups (broad SMARTS) is 1. The summed E-state index contributed by atoms with van der Waals surface area (Å²) in [6, 6.07) is 2.46. The molecule has 21 heavy (non-hydrogen) atoms. The molecule has 1 aromatic rings. The van der Waals surface area contributed by atoms with Crippen LogP contribution in [0.5, 0.6) is 0 Å². The first-order chi connectivity index (χ1) is 9.71. The van der Waals surface area contributed by atoms with Crippen molar-refractivity contribution in [1.82, 2.24) is 4.90 Å². The molecule has 1 aromatic carbocycles. The summed E-state index contributed by atoms with van der Waals surface area (Å²) >= 11 is 0. The van der Waals surface area contributed by atoms with E-state index in [-0.39, 0.29) is 19.5 Å². The highest BCUT2D eigenvalue weighted by Crippen LogP contribution is 2.33. The van der Waals surface area contributed by atoms with Gasteiger partial charge in [0, 0.05) is 13.1 Å². The monoisotopic (exact) mass is 305 g/mol. The van der Waals surface area contributed by atoms with Crippen molar-refractivity contribution >= 4 is 11.9 Å². The van der Waals surface area contributed by atoms with Gasteiger partial charge in [-0.2, -0.15) is 13.2 Å². The Balaban J connectivity index is 2.27. The molecule has 114 valence electrons. The molecule has 1 fully saturated rings. The third kappa shape index (κ3) is 2.98. The largest absolute Gasteiger partial charge is 0.481 e. The fourth-order valence-electron chi connectivity index (χ4n) is 2.23. The molecule has 0 bridgehead atoms. The summed E-state index contributed by atoms with van der Waals surface area (Å²) in [5, 5.41) is 8.83. The van der Waals surface area contributed by atoms with Gasteiger partial charge in [-0.1, -0.05) is 6.07 Å². The Kier molecular flexibility index (Phi) is 3.89. The maximum atomic E-state index is 13.8. The summed E-state index contributed by atoms with van der Waals surface area (Å²) in [6.07, 6.45) is -4.70.